The molecule has 0 bridgehead atoms. The first-order chi connectivity index (χ1) is 19.7. The Bertz CT molecular complexity index is 1600. The molecule has 0 radical (unpaired) electrons. The predicted molar refractivity (Wildman–Crippen MR) is 159 cm³/mol. The van der Waals surface area contributed by atoms with Gasteiger partial charge in [-0.1, -0.05) is 72.8 Å². The topological polar surface area (TPSA) is 93.8 Å². The van der Waals surface area contributed by atoms with E-state index in [0.717, 1.165) is 23.3 Å². The summed E-state index contributed by atoms with van der Waals surface area (Å²) in [6, 6.07) is 27.2. The van der Waals surface area contributed by atoms with Crippen molar-refractivity contribution < 1.29 is 17.9 Å². The number of ether oxygens (including phenoxy) is 1. The molecule has 1 saturated heterocycles. The number of hydrogen-bond acceptors (Lipinski definition) is 6. The van der Waals surface area contributed by atoms with Gasteiger partial charge in [-0.25, -0.2) is 18.0 Å². The zero-order valence-electron chi connectivity index (χ0n) is 23.4. The summed E-state index contributed by atoms with van der Waals surface area (Å²) in [6.45, 7) is 4.61. The van der Waals surface area contributed by atoms with Crippen LogP contribution in [0.25, 0.3) is 11.0 Å². The van der Waals surface area contributed by atoms with Crippen molar-refractivity contribution in [2.75, 3.05) is 26.0 Å². The van der Waals surface area contributed by atoms with Crippen LogP contribution in [-0.2, 0) is 27.8 Å². The minimum Gasteiger partial charge on any atom is -0.448 e. The highest BCUT2D eigenvalue weighted by Crippen LogP contribution is 2.26. The van der Waals surface area contributed by atoms with E-state index in [4.69, 9.17) is 4.74 Å². The van der Waals surface area contributed by atoms with Crippen LogP contribution in [0.1, 0.15) is 36.9 Å². The van der Waals surface area contributed by atoms with Crippen LogP contribution in [0.4, 0.5) is 4.79 Å². The molecule has 5 rings (SSSR count). The van der Waals surface area contributed by atoms with Crippen LogP contribution in [0, 0.1) is 0 Å². The zero-order valence-corrected chi connectivity index (χ0v) is 24.2. The highest BCUT2D eigenvalue weighted by atomic mass is 32.2. The molecule has 0 saturated carbocycles. The van der Waals surface area contributed by atoms with Gasteiger partial charge < -0.3 is 9.64 Å². The molecule has 3 aromatic carbocycles. The largest absolute Gasteiger partial charge is 0.448 e. The van der Waals surface area contributed by atoms with E-state index in [2.05, 4.69) is 36.1 Å². The maximum absolute atomic E-state index is 13.2. The van der Waals surface area contributed by atoms with Gasteiger partial charge in [0.05, 0.1) is 17.3 Å². The number of fused-ring (bicyclic) bond motifs is 1. The quantitative estimate of drug-likeness (QED) is 0.292. The first-order valence-corrected chi connectivity index (χ1v) is 15.7. The van der Waals surface area contributed by atoms with Gasteiger partial charge in [-0.2, -0.15) is 3.97 Å². The highest BCUT2D eigenvalue weighted by molar-refractivity contribution is 7.89. The van der Waals surface area contributed by atoms with Crippen molar-refractivity contribution in [1.82, 2.24) is 18.3 Å². The number of nitrogens with zero attached hydrogens (tertiary/aromatic N) is 4. The van der Waals surface area contributed by atoms with Gasteiger partial charge in [0.25, 0.3) is 0 Å². The fraction of sp³-hybridized carbons (Fsp3) is 0.355. The van der Waals surface area contributed by atoms with E-state index in [0.29, 0.717) is 37.0 Å². The van der Waals surface area contributed by atoms with Crippen molar-refractivity contribution in [3.8, 4) is 0 Å². The number of rotatable bonds is 9. The number of imidazole rings is 1. The molecule has 0 spiro atoms. The van der Waals surface area contributed by atoms with Gasteiger partial charge in [-0.15, -0.1) is 0 Å². The number of carbonyl (C=O) groups is 1. The van der Waals surface area contributed by atoms with Crippen LogP contribution in [-0.4, -0.2) is 64.8 Å². The van der Waals surface area contributed by atoms with Crippen LogP contribution >= 0.6 is 0 Å². The van der Waals surface area contributed by atoms with E-state index < -0.39 is 15.7 Å². The molecule has 10 heteroatoms. The number of carbonyl (C=O) groups excluding carboxylic acids is 1. The average molecular weight is 577 g/mol. The van der Waals surface area contributed by atoms with Gasteiger partial charge in [0.15, 0.2) is 0 Å². The van der Waals surface area contributed by atoms with Crippen molar-refractivity contribution in [3.05, 3.63) is 107 Å². The Hall–Kier alpha value is -3.89. The van der Waals surface area contributed by atoms with Crippen molar-refractivity contribution >= 4 is 27.1 Å². The summed E-state index contributed by atoms with van der Waals surface area (Å²) in [5, 5.41) is 0. The first kappa shape index (κ1) is 28.6. The smallest absolute Gasteiger partial charge is 0.409 e. The van der Waals surface area contributed by atoms with Gasteiger partial charge in [-0.3, -0.25) is 9.47 Å². The second-order valence-electron chi connectivity index (χ2n) is 10.7. The van der Waals surface area contributed by atoms with Crippen molar-refractivity contribution in [2.45, 2.75) is 44.9 Å². The van der Waals surface area contributed by atoms with E-state index in [1.54, 1.807) is 33.7 Å². The van der Waals surface area contributed by atoms with Gasteiger partial charge in [0, 0.05) is 38.3 Å². The second-order valence-corrected chi connectivity index (χ2v) is 12.5. The van der Waals surface area contributed by atoms with E-state index in [1.165, 1.54) is 11.1 Å². The fourth-order valence-electron chi connectivity index (χ4n) is 5.52. The lowest BCUT2D eigenvalue weighted by Gasteiger charge is -2.33. The van der Waals surface area contributed by atoms with Crippen LogP contribution in [0.5, 0.6) is 0 Å². The van der Waals surface area contributed by atoms with Crippen molar-refractivity contribution in [3.63, 3.8) is 0 Å². The molecule has 1 amide bonds. The third-order valence-electron chi connectivity index (χ3n) is 7.69. The summed E-state index contributed by atoms with van der Waals surface area (Å²) in [5.41, 5.74) is 2.76. The number of likely N-dealkylation sites (tertiary alicyclic amines) is 1. The zero-order chi connectivity index (χ0) is 29.0. The molecular formula is C31H36N4O5S. The Balaban J connectivity index is 1.22. The summed E-state index contributed by atoms with van der Waals surface area (Å²) in [7, 11) is -3.77. The monoisotopic (exact) mass is 576 g/mol. The number of aromatic nitrogens is 2. The Morgan fingerprint density at radius 2 is 1.39 bits per heavy atom. The third kappa shape index (κ3) is 6.55. The van der Waals surface area contributed by atoms with Gasteiger partial charge >= 0.3 is 11.8 Å². The minimum absolute atomic E-state index is 0.0161. The molecule has 1 atom stereocenters. The summed E-state index contributed by atoms with van der Waals surface area (Å²) < 4.78 is 32.9. The predicted octanol–water partition coefficient (Wildman–Crippen LogP) is 4.48. The maximum Gasteiger partial charge on any atom is 0.409 e. The standard InChI is InChI=1S/C31H36N4O5S/c1-24(33(21-25-11-5-3-6-12-25)22-26-13-7-4-8-14-26)23-40-31(37)32-19-17-27(18-20-32)34-28-15-9-10-16-29(28)35(30(34)36)41(2,38)39/h3-16,24,27H,17-23H2,1-2H3. The van der Waals surface area contributed by atoms with E-state index in [1.807, 2.05) is 36.4 Å². The summed E-state index contributed by atoms with van der Waals surface area (Å²) >= 11 is 0. The van der Waals surface area contributed by atoms with Crippen LogP contribution in [0.15, 0.2) is 89.7 Å². The maximum atomic E-state index is 13.2. The molecule has 2 heterocycles. The molecule has 1 aliphatic heterocycles. The van der Waals surface area contributed by atoms with E-state index >= 15 is 0 Å². The van der Waals surface area contributed by atoms with Gasteiger partial charge in [-0.05, 0) is 43.0 Å². The lowest BCUT2D eigenvalue weighted by Crippen LogP contribution is -2.43. The molecule has 1 unspecified atom stereocenters. The Morgan fingerprint density at radius 1 is 0.878 bits per heavy atom. The average Bonchev–Trinajstić information content (AvgIpc) is 3.28. The highest BCUT2D eigenvalue weighted by Gasteiger charge is 2.30. The molecule has 1 aliphatic rings. The normalized spacial score (nSPS) is 15.3. The fourth-order valence-corrected chi connectivity index (χ4v) is 6.40. The molecular weight excluding hydrogens is 540 g/mol. The molecule has 4 aromatic rings. The third-order valence-corrected chi connectivity index (χ3v) is 8.70. The van der Waals surface area contributed by atoms with Gasteiger partial charge in [0.2, 0.25) is 10.0 Å². The molecule has 0 N–H and O–H groups in total. The van der Waals surface area contributed by atoms with Crippen molar-refractivity contribution in [1.29, 1.82) is 0 Å². The summed E-state index contributed by atoms with van der Waals surface area (Å²) in [4.78, 5) is 30.2. The molecule has 216 valence electrons. The Morgan fingerprint density at radius 3 is 1.93 bits per heavy atom. The molecule has 1 aromatic heterocycles. The second kappa shape index (κ2) is 12.3. The first-order valence-electron chi connectivity index (χ1n) is 13.9. The molecule has 1 fully saturated rings. The van der Waals surface area contributed by atoms with E-state index in [9.17, 15) is 18.0 Å². The van der Waals surface area contributed by atoms with Crippen LogP contribution < -0.4 is 5.69 Å². The molecule has 0 aliphatic carbocycles. The van der Waals surface area contributed by atoms with E-state index in [-0.39, 0.29) is 24.8 Å². The number of para-hydroxylation sites is 2. The van der Waals surface area contributed by atoms with Crippen LogP contribution in [0.3, 0.4) is 0 Å². The minimum atomic E-state index is -3.77. The lowest BCUT2D eigenvalue weighted by molar-refractivity contribution is 0.0567. The Kier molecular flexibility index (Phi) is 8.60. The summed E-state index contributed by atoms with van der Waals surface area (Å²) in [6.07, 6.45) is 1.71. The number of benzene rings is 3. The number of piperidine rings is 1. The Labute approximate surface area is 240 Å². The lowest BCUT2D eigenvalue weighted by atomic mass is 10.0. The number of amides is 1. The van der Waals surface area contributed by atoms with Crippen LogP contribution in [0.2, 0.25) is 0 Å². The molecule has 9 nitrogen and oxygen atoms in total. The summed E-state index contributed by atoms with van der Waals surface area (Å²) in [5.74, 6) is 0. The molecule has 41 heavy (non-hydrogen) atoms. The van der Waals surface area contributed by atoms with Crippen molar-refractivity contribution in [2.24, 2.45) is 0 Å². The van der Waals surface area contributed by atoms with Gasteiger partial charge in [0.1, 0.15) is 6.61 Å². The number of hydrogen-bond donors (Lipinski definition) is 0. The SMILES string of the molecule is CC(COC(=O)N1CCC(n2c(=O)n(S(C)(=O)=O)c3ccccc32)CC1)N(Cc1ccccc1)Cc1ccccc1.